The van der Waals surface area contributed by atoms with E-state index >= 15 is 0 Å². The number of nitrogens with one attached hydrogen (secondary N) is 1. The van der Waals surface area contributed by atoms with E-state index in [1.54, 1.807) is 0 Å². The van der Waals surface area contributed by atoms with E-state index in [0.29, 0.717) is 5.02 Å². The standard InChI is InChI=1S/C16H18BrClN2O/c1-10(2)21-13-6-3-11(4-7-13)16(20-19)12-5-8-15(18)14(17)9-12/h3-10,16,20H,19H2,1-2H3. The Morgan fingerprint density at radius 1 is 1.10 bits per heavy atom. The smallest absolute Gasteiger partial charge is 0.119 e. The largest absolute Gasteiger partial charge is 0.491 e. The zero-order chi connectivity index (χ0) is 15.4. The highest BCUT2D eigenvalue weighted by atomic mass is 79.9. The van der Waals surface area contributed by atoms with Gasteiger partial charge in [0, 0.05) is 4.47 Å². The minimum absolute atomic E-state index is 0.105. The van der Waals surface area contributed by atoms with Crippen LogP contribution in [0.3, 0.4) is 0 Å². The monoisotopic (exact) mass is 368 g/mol. The van der Waals surface area contributed by atoms with Gasteiger partial charge in [-0.2, -0.15) is 0 Å². The quantitative estimate of drug-likeness (QED) is 0.605. The first kappa shape index (κ1) is 16.3. The molecular weight excluding hydrogens is 352 g/mol. The summed E-state index contributed by atoms with van der Waals surface area (Å²) in [5, 5.41) is 0.676. The van der Waals surface area contributed by atoms with Crippen molar-refractivity contribution in [2.45, 2.75) is 26.0 Å². The molecule has 0 saturated heterocycles. The lowest BCUT2D eigenvalue weighted by Gasteiger charge is -2.18. The Hall–Kier alpha value is -1.07. The van der Waals surface area contributed by atoms with Gasteiger partial charge < -0.3 is 4.74 Å². The molecule has 2 rings (SSSR count). The molecule has 0 aliphatic carbocycles. The molecule has 0 heterocycles. The molecule has 1 atom stereocenters. The number of rotatable bonds is 5. The van der Waals surface area contributed by atoms with E-state index in [-0.39, 0.29) is 12.1 Å². The van der Waals surface area contributed by atoms with Gasteiger partial charge in [-0.15, -0.1) is 0 Å². The van der Waals surface area contributed by atoms with Gasteiger partial charge in [0.25, 0.3) is 0 Å². The van der Waals surface area contributed by atoms with E-state index in [1.165, 1.54) is 0 Å². The number of benzene rings is 2. The summed E-state index contributed by atoms with van der Waals surface area (Å²) in [6.07, 6.45) is 0.159. The zero-order valence-electron chi connectivity index (χ0n) is 11.9. The van der Waals surface area contributed by atoms with Gasteiger partial charge in [-0.05, 0) is 65.2 Å². The van der Waals surface area contributed by atoms with Gasteiger partial charge in [0.05, 0.1) is 17.2 Å². The van der Waals surface area contributed by atoms with E-state index in [9.17, 15) is 0 Å². The maximum Gasteiger partial charge on any atom is 0.119 e. The van der Waals surface area contributed by atoms with Crippen LogP contribution in [0.1, 0.15) is 31.0 Å². The minimum Gasteiger partial charge on any atom is -0.491 e. The maximum atomic E-state index is 6.03. The van der Waals surface area contributed by atoms with Crippen LogP contribution < -0.4 is 16.0 Å². The molecule has 3 N–H and O–H groups in total. The number of nitrogens with two attached hydrogens (primary N) is 1. The Morgan fingerprint density at radius 3 is 2.24 bits per heavy atom. The minimum atomic E-state index is -0.105. The van der Waals surface area contributed by atoms with Crippen LogP contribution in [0.4, 0.5) is 0 Å². The highest BCUT2D eigenvalue weighted by molar-refractivity contribution is 9.10. The van der Waals surface area contributed by atoms with Gasteiger partial charge in [-0.25, -0.2) is 5.43 Å². The Labute approximate surface area is 138 Å². The number of hydrogen-bond acceptors (Lipinski definition) is 3. The predicted molar refractivity (Wildman–Crippen MR) is 90.5 cm³/mol. The predicted octanol–water partition coefficient (Wildman–Crippen LogP) is 4.44. The van der Waals surface area contributed by atoms with Crippen molar-refractivity contribution in [1.29, 1.82) is 0 Å². The van der Waals surface area contributed by atoms with E-state index in [0.717, 1.165) is 21.3 Å². The molecule has 0 spiro atoms. The van der Waals surface area contributed by atoms with Crippen LogP contribution in [0.15, 0.2) is 46.9 Å². The average molecular weight is 370 g/mol. The Morgan fingerprint density at radius 2 is 1.71 bits per heavy atom. The van der Waals surface area contributed by atoms with E-state index in [2.05, 4.69) is 21.4 Å². The SMILES string of the molecule is CC(C)Oc1ccc(C(NN)c2ccc(Cl)c(Br)c2)cc1. The van der Waals surface area contributed by atoms with Crippen LogP contribution in [0.25, 0.3) is 0 Å². The lowest BCUT2D eigenvalue weighted by Crippen LogP contribution is -2.28. The van der Waals surface area contributed by atoms with Crippen molar-refractivity contribution < 1.29 is 4.74 Å². The van der Waals surface area contributed by atoms with Crippen LogP contribution in [0.2, 0.25) is 5.02 Å². The third-order valence-electron chi connectivity index (χ3n) is 3.03. The highest BCUT2D eigenvalue weighted by Crippen LogP contribution is 2.29. The van der Waals surface area contributed by atoms with Crippen molar-refractivity contribution in [3.8, 4) is 5.75 Å². The second-order valence-corrected chi connectivity index (χ2v) is 6.27. The van der Waals surface area contributed by atoms with Crippen LogP contribution in [0, 0.1) is 0 Å². The second kappa shape index (κ2) is 7.27. The first-order chi connectivity index (χ1) is 10.0. The summed E-state index contributed by atoms with van der Waals surface area (Å²) in [6.45, 7) is 4.01. The number of halogens is 2. The van der Waals surface area contributed by atoms with Crippen molar-refractivity contribution in [2.24, 2.45) is 5.84 Å². The van der Waals surface area contributed by atoms with Crippen LogP contribution >= 0.6 is 27.5 Å². The second-order valence-electron chi connectivity index (χ2n) is 5.01. The Balaban J connectivity index is 2.26. The van der Waals surface area contributed by atoms with Crippen LogP contribution in [0.5, 0.6) is 5.75 Å². The summed E-state index contributed by atoms with van der Waals surface area (Å²) in [6, 6.07) is 13.6. The third kappa shape index (κ3) is 4.20. The molecule has 2 aromatic carbocycles. The molecule has 21 heavy (non-hydrogen) atoms. The van der Waals surface area contributed by atoms with Gasteiger partial charge in [0.2, 0.25) is 0 Å². The molecular formula is C16H18BrClN2O. The molecule has 2 aromatic rings. The van der Waals surface area contributed by atoms with Crippen LogP contribution in [-0.2, 0) is 0 Å². The third-order valence-corrected chi connectivity index (χ3v) is 4.24. The number of ether oxygens (including phenoxy) is 1. The summed E-state index contributed by atoms with van der Waals surface area (Å²) in [4.78, 5) is 0. The van der Waals surface area contributed by atoms with Crippen molar-refractivity contribution in [2.75, 3.05) is 0 Å². The topological polar surface area (TPSA) is 47.3 Å². The lowest BCUT2D eigenvalue weighted by molar-refractivity contribution is 0.242. The fraction of sp³-hybridized carbons (Fsp3) is 0.250. The molecule has 0 aliphatic rings. The maximum absolute atomic E-state index is 6.03. The molecule has 0 bridgehead atoms. The number of hydrazine groups is 1. The summed E-state index contributed by atoms with van der Waals surface area (Å²) < 4.78 is 6.50. The molecule has 0 saturated carbocycles. The first-order valence-electron chi connectivity index (χ1n) is 6.69. The number of hydrogen-bond donors (Lipinski definition) is 2. The van der Waals surface area contributed by atoms with Gasteiger partial charge in [-0.3, -0.25) is 5.84 Å². The summed E-state index contributed by atoms with van der Waals surface area (Å²) >= 11 is 9.46. The Bertz CT molecular complexity index is 602. The zero-order valence-corrected chi connectivity index (χ0v) is 14.3. The van der Waals surface area contributed by atoms with Crippen molar-refractivity contribution in [3.63, 3.8) is 0 Å². The molecule has 1 unspecified atom stereocenters. The Kier molecular flexibility index (Phi) is 5.65. The molecule has 3 nitrogen and oxygen atoms in total. The summed E-state index contributed by atoms with van der Waals surface area (Å²) in [7, 11) is 0. The average Bonchev–Trinajstić information content (AvgIpc) is 2.45. The molecule has 0 fully saturated rings. The lowest BCUT2D eigenvalue weighted by atomic mass is 9.99. The fourth-order valence-corrected chi connectivity index (χ4v) is 2.60. The van der Waals surface area contributed by atoms with Crippen molar-refractivity contribution in [3.05, 3.63) is 63.1 Å². The summed E-state index contributed by atoms with van der Waals surface area (Å²) in [5.41, 5.74) is 4.93. The van der Waals surface area contributed by atoms with E-state index in [4.69, 9.17) is 22.2 Å². The van der Waals surface area contributed by atoms with Gasteiger partial charge in [0.15, 0.2) is 0 Å². The van der Waals surface area contributed by atoms with Gasteiger partial charge in [0.1, 0.15) is 5.75 Å². The molecule has 112 valence electrons. The van der Waals surface area contributed by atoms with E-state index < -0.39 is 0 Å². The first-order valence-corrected chi connectivity index (χ1v) is 7.86. The molecule has 0 radical (unpaired) electrons. The normalized spacial score (nSPS) is 12.5. The molecule has 0 amide bonds. The fourth-order valence-electron chi connectivity index (χ4n) is 2.09. The van der Waals surface area contributed by atoms with Gasteiger partial charge >= 0.3 is 0 Å². The van der Waals surface area contributed by atoms with Crippen molar-refractivity contribution >= 4 is 27.5 Å². The van der Waals surface area contributed by atoms with E-state index in [1.807, 2.05) is 56.3 Å². The summed E-state index contributed by atoms with van der Waals surface area (Å²) in [5.74, 6) is 6.56. The van der Waals surface area contributed by atoms with Gasteiger partial charge in [-0.1, -0.05) is 29.8 Å². The molecule has 0 aliphatic heterocycles. The molecule has 5 heteroatoms. The highest BCUT2D eigenvalue weighted by Gasteiger charge is 2.14. The van der Waals surface area contributed by atoms with Crippen molar-refractivity contribution in [1.82, 2.24) is 5.43 Å². The molecule has 0 aromatic heterocycles. The van der Waals surface area contributed by atoms with Crippen LogP contribution in [-0.4, -0.2) is 6.10 Å².